The minimum absolute atomic E-state index is 0.234. The molecule has 0 atom stereocenters. The van der Waals surface area contributed by atoms with Gasteiger partial charge in [-0.1, -0.05) is 36.4 Å². The summed E-state index contributed by atoms with van der Waals surface area (Å²) in [5, 5.41) is 5.69. The maximum Gasteiger partial charge on any atom is 0.240 e. The molecule has 2 aromatic carbocycles. The number of amides is 2. The van der Waals surface area contributed by atoms with Crippen LogP contribution in [0.2, 0.25) is 0 Å². The van der Waals surface area contributed by atoms with Crippen LogP contribution in [-0.2, 0) is 16.1 Å². The summed E-state index contributed by atoms with van der Waals surface area (Å²) < 4.78 is 5.27. The van der Waals surface area contributed by atoms with E-state index in [1.165, 1.54) is 0 Å². The number of hydrogen-bond acceptors (Lipinski definition) is 3. The molecule has 1 saturated carbocycles. The van der Waals surface area contributed by atoms with E-state index in [2.05, 4.69) is 10.6 Å². The lowest BCUT2D eigenvalue weighted by atomic mass is 10.0. The quantitative estimate of drug-likeness (QED) is 0.803. The van der Waals surface area contributed by atoms with Gasteiger partial charge in [0.1, 0.15) is 11.2 Å². The number of ether oxygens (including phenoxy) is 1. The van der Waals surface area contributed by atoms with E-state index in [1.54, 1.807) is 19.2 Å². The molecular weight excluding hydrogens is 304 g/mol. The van der Waals surface area contributed by atoms with Crippen molar-refractivity contribution >= 4 is 17.5 Å². The summed E-state index contributed by atoms with van der Waals surface area (Å²) in [5.74, 6) is 0.240. The summed E-state index contributed by atoms with van der Waals surface area (Å²) in [5.41, 5.74) is 0.636. The first-order valence-corrected chi connectivity index (χ1v) is 7.92. The fraction of sp³-hybridized carbons (Fsp3) is 0.263. The van der Waals surface area contributed by atoms with Crippen molar-refractivity contribution in [1.29, 1.82) is 0 Å². The standard InChI is InChI=1S/C19H20N2O3/c1-24-16-10-6-5-7-14(16)13-20-17(22)19(11-12-19)18(23)21-15-8-3-2-4-9-15/h2-10H,11-13H2,1H3,(H,20,22)(H,21,23). The number of benzene rings is 2. The highest BCUT2D eigenvalue weighted by molar-refractivity contribution is 6.13. The van der Waals surface area contributed by atoms with Gasteiger partial charge in [-0.05, 0) is 31.0 Å². The van der Waals surface area contributed by atoms with Gasteiger partial charge in [0.2, 0.25) is 11.8 Å². The van der Waals surface area contributed by atoms with Gasteiger partial charge in [0, 0.05) is 17.8 Å². The third-order valence-corrected chi connectivity index (χ3v) is 4.28. The molecule has 2 aromatic rings. The molecular formula is C19H20N2O3. The van der Waals surface area contributed by atoms with E-state index in [1.807, 2.05) is 42.5 Å². The predicted octanol–water partition coefficient (Wildman–Crippen LogP) is 2.73. The molecule has 0 spiro atoms. The lowest BCUT2D eigenvalue weighted by molar-refractivity contribution is -0.134. The van der Waals surface area contributed by atoms with Gasteiger partial charge in [-0.2, -0.15) is 0 Å². The van der Waals surface area contributed by atoms with E-state index in [0.29, 0.717) is 25.1 Å². The molecule has 0 aliphatic heterocycles. The fourth-order valence-corrected chi connectivity index (χ4v) is 2.65. The average Bonchev–Trinajstić information content (AvgIpc) is 3.43. The molecule has 0 aromatic heterocycles. The molecule has 1 fully saturated rings. The first-order valence-electron chi connectivity index (χ1n) is 7.92. The van der Waals surface area contributed by atoms with Crippen LogP contribution in [0, 0.1) is 5.41 Å². The van der Waals surface area contributed by atoms with Crippen LogP contribution in [0.25, 0.3) is 0 Å². The Balaban J connectivity index is 1.63. The number of hydrogen-bond donors (Lipinski definition) is 2. The van der Waals surface area contributed by atoms with Crippen molar-refractivity contribution in [2.24, 2.45) is 5.41 Å². The van der Waals surface area contributed by atoms with Crippen molar-refractivity contribution in [1.82, 2.24) is 5.32 Å². The topological polar surface area (TPSA) is 67.4 Å². The SMILES string of the molecule is COc1ccccc1CNC(=O)C1(C(=O)Nc2ccccc2)CC1. The Morgan fingerprint density at radius 3 is 2.33 bits per heavy atom. The van der Waals surface area contributed by atoms with Gasteiger partial charge in [-0.25, -0.2) is 0 Å². The maximum absolute atomic E-state index is 12.5. The minimum atomic E-state index is -0.947. The van der Waals surface area contributed by atoms with Crippen molar-refractivity contribution in [2.45, 2.75) is 19.4 Å². The number of anilines is 1. The Morgan fingerprint density at radius 1 is 1.00 bits per heavy atom. The minimum Gasteiger partial charge on any atom is -0.496 e. The van der Waals surface area contributed by atoms with Crippen LogP contribution in [0.5, 0.6) is 5.75 Å². The Kier molecular flexibility index (Phi) is 4.51. The highest BCUT2D eigenvalue weighted by Gasteiger charge is 2.56. The van der Waals surface area contributed by atoms with E-state index < -0.39 is 5.41 Å². The molecule has 0 bridgehead atoms. The third-order valence-electron chi connectivity index (χ3n) is 4.28. The van der Waals surface area contributed by atoms with Gasteiger partial charge in [0.25, 0.3) is 0 Å². The van der Waals surface area contributed by atoms with Crippen LogP contribution in [0.1, 0.15) is 18.4 Å². The van der Waals surface area contributed by atoms with Gasteiger partial charge < -0.3 is 15.4 Å². The second-order valence-corrected chi connectivity index (χ2v) is 5.90. The molecule has 5 nitrogen and oxygen atoms in total. The van der Waals surface area contributed by atoms with E-state index in [4.69, 9.17) is 4.74 Å². The van der Waals surface area contributed by atoms with Gasteiger partial charge in [0.15, 0.2) is 0 Å². The van der Waals surface area contributed by atoms with Crippen molar-refractivity contribution in [3.63, 3.8) is 0 Å². The molecule has 124 valence electrons. The smallest absolute Gasteiger partial charge is 0.240 e. The monoisotopic (exact) mass is 324 g/mol. The maximum atomic E-state index is 12.5. The normalized spacial score (nSPS) is 14.5. The fourth-order valence-electron chi connectivity index (χ4n) is 2.65. The van der Waals surface area contributed by atoms with Crippen LogP contribution < -0.4 is 15.4 Å². The highest BCUT2D eigenvalue weighted by atomic mass is 16.5. The number of nitrogens with one attached hydrogen (secondary N) is 2. The van der Waals surface area contributed by atoms with Crippen molar-refractivity contribution in [2.75, 3.05) is 12.4 Å². The van der Waals surface area contributed by atoms with Crippen molar-refractivity contribution in [3.05, 3.63) is 60.2 Å². The highest BCUT2D eigenvalue weighted by Crippen LogP contribution is 2.47. The molecule has 3 rings (SSSR count). The molecule has 24 heavy (non-hydrogen) atoms. The average molecular weight is 324 g/mol. The van der Waals surface area contributed by atoms with Gasteiger partial charge in [0.05, 0.1) is 7.11 Å². The van der Waals surface area contributed by atoms with Crippen LogP contribution >= 0.6 is 0 Å². The van der Waals surface area contributed by atoms with E-state index in [9.17, 15) is 9.59 Å². The summed E-state index contributed by atoms with van der Waals surface area (Å²) in [7, 11) is 1.59. The number of rotatable bonds is 6. The molecule has 0 saturated heterocycles. The zero-order valence-electron chi connectivity index (χ0n) is 13.5. The number of carbonyl (C=O) groups excluding carboxylic acids is 2. The molecule has 5 heteroatoms. The second kappa shape index (κ2) is 6.74. The Morgan fingerprint density at radius 2 is 1.67 bits per heavy atom. The van der Waals surface area contributed by atoms with E-state index >= 15 is 0 Å². The number of para-hydroxylation sites is 2. The largest absolute Gasteiger partial charge is 0.496 e. The molecule has 0 radical (unpaired) electrons. The molecule has 0 heterocycles. The third kappa shape index (κ3) is 3.25. The van der Waals surface area contributed by atoms with Gasteiger partial charge in [-0.3, -0.25) is 9.59 Å². The van der Waals surface area contributed by atoms with E-state index in [0.717, 1.165) is 11.3 Å². The number of methoxy groups -OCH3 is 1. The molecule has 1 aliphatic rings. The van der Waals surface area contributed by atoms with Gasteiger partial charge >= 0.3 is 0 Å². The lowest BCUT2D eigenvalue weighted by Gasteiger charge is -2.16. The Hall–Kier alpha value is -2.82. The summed E-state index contributed by atoms with van der Waals surface area (Å²) >= 11 is 0. The molecule has 2 amide bonds. The lowest BCUT2D eigenvalue weighted by Crippen LogP contribution is -2.39. The summed E-state index contributed by atoms with van der Waals surface area (Å²) in [4.78, 5) is 25.0. The first-order chi connectivity index (χ1) is 11.7. The Bertz CT molecular complexity index is 739. The Labute approximate surface area is 141 Å². The van der Waals surface area contributed by atoms with Gasteiger partial charge in [-0.15, -0.1) is 0 Å². The first kappa shape index (κ1) is 16.1. The van der Waals surface area contributed by atoms with Crippen LogP contribution in [-0.4, -0.2) is 18.9 Å². The van der Waals surface area contributed by atoms with Crippen LogP contribution in [0.15, 0.2) is 54.6 Å². The van der Waals surface area contributed by atoms with Crippen molar-refractivity contribution in [3.8, 4) is 5.75 Å². The van der Waals surface area contributed by atoms with Crippen molar-refractivity contribution < 1.29 is 14.3 Å². The summed E-state index contributed by atoms with van der Waals surface area (Å²) in [6, 6.07) is 16.7. The molecule has 0 unspecified atom stereocenters. The van der Waals surface area contributed by atoms with Crippen LogP contribution in [0.4, 0.5) is 5.69 Å². The predicted molar refractivity (Wildman–Crippen MR) is 91.6 cm³/mol. The summed E-state index contributed by atoms with van der Waals surface area (Å²) in [6.45, 7) is 0.337. The molecule has 1 aliphatic carbocycles. The zero-order valence-corrected chi connectivity index (χ0v) is 13.5. The number of carbonyl (C=O) groups is 2. The summed E-state index contributed by atoms with van der Waals surface area (Å²) in [6.07, 6.45) is 1.15. The molecule has 2 N–H and O–H groups in total. The van der Waals surface area contributed by atoms with E-state index in [-0.39, 0.29) is 11.8 Å². The zero-order chi connectivity index (χ0) is 17.0. The van der Waals surface area contributed by atoms with Crippen LogP contribution in [0.3, 0.4) is 0 Å². The second-order valence-electron chi connectivity index (χ2n) is 5.90.